The number of allylic oxidation sites excluding steroid dienone is 1. The van der Waals surface area contributed by atoms with Crippen LogP contribution in [0.4, 0.5) is 0 Å². The van der Waals surface area contributed by atoms with Crippen LogP contribution in [0.15, 0.2) is 60.0 Å². The van der Waals surface area contributed by atoms with Crippen LogP contribution < -0.4 is 0 Å². The summed E-state index contributed by atoms with van der Waals surface area (Å²) < 4.78 is 7.45. The van der Waals surface area contributed by atoms with Crippen LogP contribution in [0.25, 0.3) is 10.8 Å². The SMILES string of the molecule is C[C@]12CC=C3C=C4CC[C@H](N5CC5)C[C@]45CCC3(O5)[C@@H]1CCC2c1ccc2ccncc2c1. The fraction of sp³-hybridized carbons (Fsp3) is 0.567. The fourth-order valence-corrected chi connectivity index (χ4v) is 8.98. The Bertz CT molecular complexity index is 1230. The predicted octanol–water partition coefficient (Wildman–Crippen LogP) is 6.16. The van der Waals surface area contributed by atoms with Crippen molar-refractivity contribution < 1.29 is 4.74 Å². The van der Waals surface area contributed by atoms with E-state index in [1.807, 2.05) is 12.4 Å². The number of benzene rings is 1. The van der Waals surface area contributed by atoms with E-state index in [0.717, 1.165) is 6.04 Å². The number of ether oxygens (including phenoxy) is 1. The van der Waals surface area contributed by atoms with Gasteiger partial charge in [-0.1, -0.05) is 31.2 Å². The van der Waals surface area contributed by atoms with E-state index < -0.39 is 0 Å². The summed E-state index contributed by atoms with van der Waals surface area (Å²) in [5.74, 6) is 1.22. The first kappa shape index (κ1) is 19.3. The largest absolute Gasteiger partial charge is 0.359 e. The molecule has 6 atom stereocenters. The molecule has 8 rings (SSSR count). The number of fused-ring (bicyclic) bond motifs is 2. The van der Waals surface area contributed by atoms with Crippen LogP contribution >= 0.6 is 0 Å². The zero-order valence-corrected chi connectivity index (χ0v) is 19.7. The van der Waals surface area contributed by atoms with Crippen molar-refractivity contribution in [2.75, 3.05) is 13.1 Å². The van der Waals surface area contributed by atoms with Gasteiger partial charge in [0.2, 0.25) is 0 Å². The van der Waals surface area contributed by atoms with Gasteiger partial charge in [0.05, 0.1) is 11.2 Å². The maximum atomic E-state index is 7.45. The quantitative estimate of drug-likeness (QED) is 0.525. The molecule has 2 unspecified atom stereocenters. The molecule has 4 heterocycles. The maximum absolute atomic E-state index is 7.45. The second-order valence-electron chi connectivity index (χ2n) is 12.1. The first-order valence-electron chi connectivity index (χ1n) is 13.3. The van der Waals surface area contributed by atoms with Gasteiger partial charge in [-0.2, -0.15) is 0 Å². The molecule has 2 bridgehead atoms. The van der Waals surface area contributed by atoms with E-state index >= 15 is 0 Å². The minimum atomic E-state index is -0.0373. The summed E-state index contributed by atoms with van der Waals surface area (Å²) in [6, 6.07) is 9.99. The van der Waals surface area contributed by atoms with Crippen LogP contribution in [0.1, 0.15) is 69.8 Å². The molecule has 0 radical (unpaired) electrons. The normalized spacial score (nSPS) is 43.5. The third-order valence-electron chi connectivity index (χ3n) is 10.7. The average molecular weight is 439 g/mol. The molecule has 2 aromatic rings. The van der Waals surface area contributed by atoms with Gasteiger partial charge in [0, 0.05) is 36.9 Å². The lowest BCUT2D eigenvalue weighted by Crippen LogP contribution is -2.54. The molecule has 0 amide bonds. The molecule has 3 heteroatoms. The van der Waals surface area contributed by atoms with Gasteiger partial charge in [-0.05, 0) is 103 Å². The second-order valence-corrected chi connectivity index (χ2v) is 12.1. The van der Waals surface area contributed by atoms with Gasteiger partial charge >= 0.3 is 0 Å². The summed E-state index contributed by atoms with van der Waals surface area (Å²) >= 11 is 0. The van der Waals surface area contributed by atoms with E-state index in [1.54, 1.807) is 11.1 Å². The Balaban J connectivity index is 1.18. The lowest BCUT2D eigenvalue weighted by Gasteiger charge is -2.54. The maximum Gasteiger partial charge on any atom is 0.0974 e. The topological polar surface area (TPSA) is 25.1 Å². The molecule has 1 aromatic carbocycles. The van der Waals surface area contributed by atoms with E-state index in [0.29, 0.717) is 11.8 Å². The Labute approximate surface area is 196 Å². The van der Waals surface area contributed by atoms with Gasteiger partial charge in [0.25, 0.3) is 0 Å². The number of rotatable bonds is 2. The molecule has 2 saturated heterocycles. The Morgan fingerprint density at radius 2 is 2.00 bits per heavy atom. The Morgan fingerprint density at radius 1 is 1.06 bits per heavy atom. The first-order valence-corrected chi connectivity index (χ1v) is 13.3. The summed E-state index contributed by atoms with van der Waals surface area (Å²) in [5.41, 5.74) is 4.94. The van der Waals surface area contributed by atoms with Crippen molar-refractivity contribution in [2.24, 2.45) is 11.3 Å². The number of nitrogens with zero attached hydrogens (tertiary/aromatic N) is 2. The van der Waals surface area contributed by atoms with Gasteiger partial charge in [0.15, 0.2) is 0 Å². The third-order valence-corrected chi connectivity index (χ3v) is 10.7. The molecule has 4 fully saturated rings. The highest BCUT2D eigenvalue weighted by atomic mass is 16.5. The summed E-state index contributed by atoms with van der Waals surface area (Å²) in [6.45, 7) is 5.19. The lowest BCUT2D eigenvalue weighted by molar-refractivity contribution is -0.138. The highest BCUT2D eigenvalue weighted by molar-refractivity contribution is 5.82. The predicted molar refractivity (Wildman–Crippen MR) is 131 cm³/mol. The van der Waals surface area contributed by atoms with Gasteiger partial charge in [0.1, 0.15) is 0 Å². The minimum absolute atomic E-state index is 0.0355. The van der Waals surface area contributed by atoms with Crippen molar-refractivity contribution in [3.63, 3.8) is 0 Å². The minimum Gasteiger partial charge on any atom is -0.359 e. The van der Waals surface area contributed by atoms with Crippen molar-refractivity contribution in [1.82, 2.24) is 9.88 Å². The number of aromatic nitrogens is 1. The molecule has 6 aliphatic rings. The van der Waals surface area contributed by atoms with Gasteiger partial charge in [-0.3, -0.25) is 9.88 Å². The van der Waals surface area contributed by atoms with Crippen molar-refractivity contribution >= 4 is 10.8 Å². The Hall–Kier alpha value is -1.97. The molecule has 2 saturated carbocycles. The summed E-state index contributed by atoms with van der Waals surface area (Å²) in [7, 11) is 0. The average Bonchev–Trinajstić information content (AvgIpc) is 3.56. The molecule has 3 aliphatic heterocycles. The van der Waals surface area contributed by atoms with E-state index in [9.17, 15) is 0 Å². The van der Waals surface area contributed by atoms with Crippen LogP contribution in [-0.4, -0.2) is 40.2 Å². The smallest absolute Gasteiger partial charge is 0.0974 e. The van der Waals surface area contributed by atoms with E-state index in [2.05, 4.69) is 53.2 Å². The number of hydrogen-bond acceptors (Lipinski definition) is 3. The van der Waals surface area contributed by atoms with E-state index in [4.69, 9.17) is 4.74 Å². The molecule has 2 spiro atoms. The first-order chi connectivity index (χ1) is 16.1. The van der Waals surface area contributed by atoms with Crippen LogP contribution in [0.5, 0.6) is 0 Å². The molecule has 170 valence electrons. The standard InChI is InChI=1S/C30H34N2O/c1-28-10-8-24-17-23-4-5-25(32-14-15-32)18-29(23)11-12-30(24,33-29)27(28)7-6-26(28)21-3-2-20-9-13-31-19-22(20)16-21/h2-3,8-9,13,16-17,19,25-27H,4-7,10-12,14-15,18H2,1H3/t25-,26?,27+,28+,29+,30?/m0/s1. The van der Waals surface area contributed by atoms with E-state index in [1.165, 1.54) is 80.8 Å². The molecular weight excluding hydrogens is 404 g/mol. The Kier molecular flexibility index (Phi) is 3.73. The van der Waals surface area contributed by atoms with Gasteiger partial charge in [-0.15, -0.1) is 0 Å². The summed E-state index contributed by atoms with van der Waals surface area (Å²) in [6.07, 6.45) is 19.2. The molecule has 3 nitrogen and oxygen atoms in total. The number of hydrogen-bond donors (Lipinski definition) is 0. The highest BCUT2D eigenvalue weighted by Crippen LogP contribution is 2.69. The monoisotopic (exact) mass is 438 g/mol. The van der Waals surface area contributed by atoms with Crippen molar-refractivity contribution in [3.05, 3.63) is 65.5 Å². The molecule has 0 N–H and O–H groups in total. The van der Waals surface area contributed by atoms with Crippen LogP contribution in [0, 0.1) is 11.3 Å². The highest BCUT2D eigenvalue weighted by Gasteiger charge is 2.66. The summed E-state index contributed by atoms with van der Waals surface area (Å²) in [4.78, 5) is 7.06. The molecule has 3 aliphatic carbocycles. The van der Waals surface area contributed by atoms with Crippen LogP contribution in [0.2, 0.25) is 0 Å². The third kappa shape index (κ3) is 2.51. The van der Waals surface area contributed by atoms with Crippen LogP contribution in [0.3, 0.4) is 0 Å². The Morgan fingerprint density at radius 3 is 2.91 bits per heavy atom. The van der Waals surface area contributed by atoms with Crippen molar-refractivity contribution in [2.45, 2.75) is 81.5 Å². The van der Waals surface area contributed by atoms with E-state index in [-0.39, 0.29) is 16.6 Å². The molecule has 33 heavy (non-hydrogen) atoms. The molecular formula is C30H34N2O. The zero-order valence-electron chi connectivity index (χ0n) is 19.7. The zero-order chi connectivity index (χ0) is 21.8. The van der Waals surface area contributed by atoms with Crippen LogP contribution in [-0.2, 0) is 4.74 Å². The fourth-order valence-electron chi connectivity index (χ4n) is 8.98. The van der Waals surface area contributed by atoms with Gasteiger partial charge < -0.3 is 4.74 Å². The van der Waals surface area contributed by atoms with Gasteiger partial charge in [-0.25, -0.2) is 0 Å². The second kappa shape index (κ2) is 6.37. The summed E-state index contributed by atoms with van der Waals surface area (Å²) in [5, 5.41) is 2.57. The number of pyridine rings is 1. The lowest BCUT2D eigenvalue weighted by atomic mass is 9.58. The van der Waals surface area contributed by atoms with Crippen molar-refractivity contribution in [1.29, 1.82) is 0 Å². The molecule has 1 aromatic heterocycles. The van der Waals surface area contributed by atoms with Crippen molar-refractivity contribution in [3.8, 4) is 0 Å².